The van der Waals surface area contributed by atoms with E-state index < -0.39 is 97.5 Å². The van der Waals surface area contributed by atoms with Crippen LogP contribution in [-0.2, 0) is 65.4 Å². The highest BCUT2D eigenvalue weighted by Crippen LogP contribution is 2.45. The van der Waals surface area contributed by atoms with E-state index in [-0.39, 0.29) is 25.7 Å². The van der Waals surface area contributed by atoms with Gasteiger partial charge in [0.25, 0.3) is 0 Å². The zero-order valence-corrected chi connectivity index (χ0v) is 65.5. The smallest absolute Gasteiger partial charge is 0.462 e. The molecule has 3 N–H and O–H groups in total. The van der Waals surface area contributed by atoms with Crippen molar-refractivity contribution in [2.45, 2.75) is 414 Å². The van der Waals surface area contributed by atoms with Crippen LogP contribution in [0.5, 0.6) is 0 Å². The van der Waals surface area contributed by atoms with Crippen LogP contribution in [0.25, 0.3) is 0 Å². The highest BCUT2D eigenvalue weighted by atomic mass is 31.2. The van der Waals surface area contributed by atoms with Crippen molar-refractivity contribution in [3.8, 4) is 0 Å². The van der Waals surface area contributed by atoms with Crippen molar-refractivity contribution in [1.29, 1.82) is 0 Å². The molecule has 0 amide bonds. The summed E-state index contributed by atoms with van der Waals surface area (Å²) in [5.41, 5.74) is 0. The van der Waals surface area contributed by atoms with Crippen LogP contribution in [0.2, 0.25) is 0 Å². The summed E-state index contributed by atoms with van der Waals surface area (Å²) in [5, 5.41) is 10.6. The highest BCUT2D eigenvalue weighted by Gasteiger charge is 2.30. The second-order valence-corrected chi connectivity index (χ2v) is 32.4. The Kier molecular flexibility index (Phi) is 65.9. The average Bonchev–Trinajstić information content (AvgIpc) is 1.64. The number of unbranched alkanes of at least 4 members (excludes halogenated alkanes) is 39. The van der Waals surface area contributed by atoms with E-state index in [0.717, 1.165) is 120 Å². The Morgan fingerprint density at radius 2 is 0.495 bits per heavy atom. The first-order chi connectivity index (χ1) is 46.7. The molecule has 0 aromatic carbocycles. The van der Waals surface area contributed by atoms with Gasteiger partial charge in [-0.2, -0.15) is 0 Å². The molecule has 0 aliphatic rings. The maximum absolute atomic E-state index is 13.1. The summed E-state index contributed by atoms with van der Waals surface area (Å²) in [6, 6.07) is 0. The molecule has 0 aromatic heterocycles. The Morgan fingerprint density at radius 3 is 0.732 bits per heavy atom. The number of phosphoric acid groups is 2. The summed E-state index contributed by atoms with van der Waals surface area (Å²) < 4.78 is 68.6. The number of carbonyl (C=O) groups is 4. The molecule has 0 aliphatic heterocycles. The average molecular weight is 1420 g/mol. The van der Waals surface area contributed by atoms with Gasteiger partial charge >= 0.3 is 39.5 Å². The van der Waals surface area contributed by atoms with Crippen LogP contribution in [0.15, 0.2) is 0 Å². The minimum absolute atomic E-state index is 0.105. The number of carbonyl (C=O) groups excluding carboxylic acids is 4. The summed E-state index contributed by atoms with van der Waals surface area (Å²) in [5.74, 6) is 0.978. The predicted molar refractivity (Wildman–Crippen MR) is 395 cm³/mol. The molecule has 4 unspecified atom stereocenters. The van der Waals surface area contributed by atoms with Gasteiger partial charge in [0.1, 0.15) is 19.3 Å². The van der Waals surface area contributed by atoms with E-state index in [1.165, 1.54) is 193 Å². The quantitative estimate of drug-likeness (QED) is 0.0222. The Hall–Kier alpha value is -1.94. The zero-order valence-electron chi connectivity index (χ0n) is 63.7. The summed E-state index contributed by atoms with van der Waals surface area (Å²) >= 11 is 0. The van der Waals surface area contributed by atoms with Gasteiger partial charge in [-0.05, 0) is 49.4 Å². The van der Waals surface area contributed by atoms with Gasteiger partial charge in [0.05, 0.1) is 26.4 Å². The maximum atomic E-state index is 13.1. The molecular formula is C78H152O17P2. The molecule has 0 rings (SSSR count). The van der Waals surface area contributed by atoms with Gasteiger partial charge < -0.3 is 33.8 Å². The van der Waals surface area contributed by atoms with Crippen LogP contribution in [0.1, 0.15) is 396 Å². The molecule has 97 heavy (non-hydrogen) atoms. The maximum Gasteiger partial charge on any atom is 0.472 e. The van der Waals surface area contributed by atoms with E-state index >= 15 is 0 Å². The van der Waals surface area contributed by atoms with E-state index in [2.05, 4.69) is 55.4 Å². The van der Waals surface area contributed by atoms with E-state index in [4.69, 9.17) is 37.0 Å². The molecule has 0 heterocycles. The first kappa shape index (κ1) is 95.1. The van der Waals surface area contributed by atoms with Crippen molar-refractivity contribution >= 4 is 39.5 Å². The summed E-state index contributed by atoms with van der Waals surface area (Å²) in [7, 11) is -9.92. The monoisotopic (exact) mass is 1420 g/mol. The van der Waals surface area contributed by atoms with Gasteiger partial charge in [-0.3, -0.25) is 37.3 Å². The Morgan fingerprint density at radius 1 is 0.289 bits per heavy atom. The first-order valence-electron chi connectivity index (χ1n) is 40.3. The van der Waals surface area contributed by atoms with Gasteiger partial charge in [0.15, 0.2) is 12.2 Å². The fourth-order valence-electron chi connectivity index (χ4n) is 11.8. The lowest BCUT2D eigenvalue weighted by molar-refractivity contribution is -0.161. The number of esters is 4. The molecule has 0 spiro atoms. The SMILES string of the molecule is CCC(C)CCCCCCCCCCCCC(=O)O[C@H](COC(=O)CCCCCCCCC(C)CC)COP(=O)(O)OC[C@H](O)COP(=O)(O)OC[C@@H](COC(=O)CCCCCCCCCCCC(C)C)OC(=O)CCCCCCCCCCCCCCCCCCCCC(C)C. The van der Waals surface area contributed by atoms with Gasteiger partial charge in [-0.1, -0.05) is 344 Å². The Bertz CT molecular complexity index is 1910. The van der Waals surface area contributed by atoms with Crippen molar-refractivity contribution in [3.05, 3.63) is 0 Å². The fraction of sp³-hybridized carbons (Fsp3) is 0.949. The molecule has 576 valence electrons. The third-order valence-electron chi connectivity index (χ3n) is 18.8. The number of phosphoric ester groups is 2. The van der Waals surface area contributed by atoms with Gasteiger partial charge in [0, 0.05) is 25.7 Å². The summed E-state index contributed by atoms with van der Waals surface area (Å²) in [6.07, 6.45) is 52.8. The van der Waals surface area contributed by atoms with E-state index in [1.807, 2.05) is 0 Å². The van der Waals surface area contributed by atoms with Crippen molar-refractivity contribution in [1.82, 2.24) is 0 Å². The standard InChI is InChI=1S/C78H152O17P2/c1-9-70(7)56-48-40-32-26-21-22-28-35-45-53-61-78(83)95-74(65-89-76(81)59-51-43-37-36-41-49-57-71(8)10-2)67-93-97(86,87)91-63-72(79)62-90-96(84,85)92-66-73(64-88-75(80)58-50-42-33-29-23-25-31-39-47-55-69(5)6)94-77(82)60-52-44-34-27-20-18-16-14-12-11-13-15-17-19-24-30-38-46-54-68(3)4/h68-74,79H,9-67H2,1-8H3,(H,84,85)(H,86,87)/t70?,71?,72-,73-,74-/m1/s1. The van der Waals surface area contributed by atoms with Crippen LogP contribution in [0.3, 0.4) is 0 Å². The lowest BCUT2D eigenvalue weighted by atomic mass is 9.99. The third-order valence-corrected chi connectivity index (χ3v) is 20.7. The molecule has 17 nitrogen and oxygen atoms in total. The van der Waals surface area contributed by atoms with Crippen molar-refractivity contribution in [2.24, 2.45) is 23.7 Å². The predicted octanol–water partition coefficient (Wildman–Crippen LogP) is 22.8. The van der Waals surface area contributed by atoms with Crippen LogP contribution in [0.4, 0.5) is 0 Å². The number of ether oxygens (including phenoxy) is 4. The van der Waals surface area contributed by atoms with Crippen LogP contribution >= 0.6 is 15.6 Å². The number of hydrogen-bond donors (Lipinski definition) is 3. The summed E-state index contributed by atoms with van der Waals surface area (Å²) in [4.78, 5) is 72.9. The van der Waals surface area contributed by atoms with Gasteiger partial charge in [-0.15, -0.1) is 0 Å². The van der Waals surface area contributed by atoms with E-state index in [0.29, 0.717) is 25.7 Å². The van der Waals surface area contributed by atoms with Gasteiger partial charge in [0.2, 0.25) is 0 Å². The molecule has 7 atom stereocenters. The van der Waals surface area contributed by atoms with Crippen LogP contribution in [-0.4, -0.2) is 96.7 Å². The third kappa shape index (κ3) is 69.5. The first-order valence-corrected chi connectivity index (χ1v) is 43.3. The largest absolute Gasteiger partial charge is 0.472 e. The number of rotatable bonds is 75. The van der Waals surface area contributed by atoms with Crippen LogP contribution < -0.4 is 0 Å². The molecule has 0 radical (unpaired) electrons. The second kappa shape index (κ2) is 67.2. The fourth-order valence-corrected chi connectivity index (χ4v) is 13.4. The summed E-state index contributed by atoms with van der Waals surface area (Å²) in [6.45, 7) is 14.2. The number of aliphatic hydroxyl groups excluding tert-OH is 1. The molecule has 0 bridgehead atoms. The molecule has 0 aromatic rings. The molecule has 0 saturated carbocycles. The molecule has 0 aliphatic carbocycles. The number of hydrogen-bond acceptors (Lipinski definition) is 15. The molecule has 0 saturated heterocycles. The zero-order chi connectivity index (χ0) is 71.7. The molecule has 19 heteroatoms. The molecule has 0 fully saturated rings. The van der Waals surface area contributed by atoms with Gasteiger partial charge in [-0.25, -0.2) is 9.13 Å². The lowest BCUT2D eigenvalue weighted by Crippen LogP contribution is -2.30. The van der Waals surface area contributed by atoms with Crippen molar-refractivity contribution in [2.75, 3.05) is 39.6 Å². The minimum atomic E-state index is -4.96. The van der Waals surface area contributed by atoms with E-state index in [9.17, 15) is 43.2 Å². The minimum Gasteiger partial charge on any atom is -0.462 e. The lowest BCUT2D eigenvalue weighted by Gasteiger charge is -2.21. The Balaban J connectivity index is 5.21. The highest BCUT2D eigenvalue weighted by molar-refractivity contribution is 7.47. The number of aliphatic hydroxyl groups is 1. The normalized spacial score (nSPS) is 14.6. The van der Waals surface area contributed by atoms with E-state index in [1.54, 1.807) is 0 Å². The van der Waals surface area contributed by atoms with Crippen molar-refractivity contribution in [3.63, 3.8) is 0 Å². The Labute approximate surface area is 594 Å². The van der Waals surface area contributed by atoms with Crippen LogP contribution in [0, 0.1) is 23.7 Å². The molecular weight excluding hydrogens is 1270 g/mol. The topological polar surface area (TPSA) is 237 Å². The van der Waals surface area contributed by atoms with Crippen molar-refractivity contribution < 1.29 is 80.2 Å². The second-order valence-electron chi connectivity index (χ2n) is 29.5.